The van der Waals surface area contributed by atoms with Crippen molar-refractivity contribution in [2.24, 2.45) is 17.8 Å². The Bertz CT molecular complexity index is 1020. The Balaban J connectivity index is 1.12. The van der Waals surface area contributed by atoms with Gasteiger partial charge in [-0.05, 0) is 135 Å². The van der Waals surface area contributed by atoms with Crippen LogP contribution in [0.5, 0.6) is 0 Å². The summed E-state index contributed by atoms with van der Waals surface area (Å²) in [6.45, 7) is 2.28. The van der Waals surface area contributed by atoms with Gasteiger partial charge in [0.1, 0.15) is 11.6 Å². The first-order valence-electron chi connectivity index (χ1n) is 15.3. The quantitative estimate of drug-likeness (QED) is 0.314. The third-order valence-corrected chi connectivity index (χ3v) is 10.1. The minimum atomic E-state index is -0.145. The number of rotatable bonds is 8. The van der Waals surface area contributed by atoms with Gasteiger partial charge in [-0.15, -0.1) is 0 Å². The van der Waals surface area contributed by atoms with E-state index < -0.39 is 0 Å². The molecule has 2 saturated carbocycles. The van der Waals surface area contributed by atoms with Crippen LogP contribution in [-0.4, -0.2) is 0 Å². The molecule has 0 aromatic heterocycles. The van der Waals surface area contributed by atoms with Crippen LogP contribution in [0.1, 0.15) is 132 Å². The summed E-state index contributed by atoms with van der Waals surface area (Å²) < 4.78 is 28.6. The topological polar surface area (TPSA) is 0 Å². The van der Waals surface area contributed by atoms with Crippen LogP contribution < -0.4 is 0 Å². The Kier molecular flexibility index (Phi) is 9.16. The van der Waals surface area contributed by atoms with Gasteiger partial charge >= 0.3 is 0 Å². The number of benzene rings is 2. The van der Waals surface area contributed by atoms with Crippen molar-refractivity contribution in [1.29, 1.82) is 0 Å². The maximum Gasteiger partial charge on any atom is 0.130 e. The zero-order valence-corrected chi connectivity index (χ0v) is 22.9. The lowest BCUT2D eigenvalue weighted by molar-refractivity contribution is 0.220. The van der Waals surface area contributed by atoms with Gasteiger partial charge in [0, 0.05) is 5.56 Å². The summed E-state index contributed by atoms with van der Waals surface area (Å²) in [7, 11) is 0. The molecule has 0 bridgehead atoms. The molecule has 0 amide bonds. The van der Waals surface area contributed by atoms with Gasteiger partial charge in [0.05, 0.1) is 0 Å². The highest BCUT2D eigenvalue weighted by Crippen LogP contribution is 2.44. The predicted octanol–water partition coefficient (Wildman–Crippen LogP) is 11.0. The van der Waals surface area contributed by atoms with Crippen molar-refractivity contribution in [2.45, 2.75) is 115 Å². The molecule has 2 aromatic carbocycles. The van der Waals surface area contributed by atoms with Gasteiger partial charge < -0.3 is 0 Å². The molecule has 2 fully saturated rings. The molecule has 1 atom stereocenters. The van der Waals surface area contributed by atoms with E-state index in [2.05, 4.69) is 25.1 Å². The third kappa shape index (κ3) is 6.73. The molecule has 2 aromatic rings. The highest BCUT2D eigenvalue weighted by molar-refractivity contribution is 5.67. The van der Waals surface area contributed by atoms with E-state index in [1.807, 2.05) is 18.2 Å². The molecular weight excluding hydrogens is 458 g/mol. The Labute approximate surface area is 224 Å². The van der Waals surface area contributed by atoms with Crippen LogP contribution in [-0.2, 0) is 0 Å². The Morgan fingerprint density at radius 3 is 2.03 bits per heavy atom. The first kappa shape index (κ1) is 26.6. The average molecular weight is 505 g/mol. The predicted molar refractivity (Wildman–Crippen MR) is 152 cm³/mol. The van der Waals surface area contributed by atoms with Gasteiger partial charge in [-0.3, -0.25) is 0 Å². The van der Waals surface area contributed by atoms with E-state index in [-0.39, 0.29) is 11.6 Å². The molecular formula is C35H46F2. The zero-order valence-electron chi connectivity index (χ0n) is 22.9. The zero-order chi connectivity index (χ0) is 25.6. The van der Waals surface area contributed by atoms with Crippen LogP contribution in [0.25, 0.3) is 5.57 Å². The lowest BCUT2D eigenvalue weighted by atomic mass is 9.70. The summed E-state index contributed by atoms with van der Waals surface area (Å²) in [5.41, 5.74) is 4.58. The minimum Gasteiger partial charge on any atom is -0.207 e. The lowest BCUT2D eigenvalue weighted by Crippen LogP contribution is -2.22. The van der Waals surface area contributed by atoms with Gasteiger partial charge in [0.2, 0.25) is 0 Å². The molecule has 0 N–H and O–H groups in total. The summed E-state index contributed by atoms with van der Waals surface area (Å²) in [6.07, 6.45) is 21.1. The first-order chi connectivity index (χ1) is 18.1. The van der Waals surface area contributed by atoms with Crippen LogP contribution in [0, 0.1) is 29.4 Å². The fourth-order valence-electron chi connectivity index (χ4n) is 7.70. The smallest absolute Gasteiger partial charge is 0.130 e. The van der Waals surface area contributed by atoms with E-state index in [0.29, 0.717) is 11.8 Å². The van der Waals surface area contributed by atoms with E-state index in [0.717, 1.165) is 36.2 Å². The standard InChI is InChI=1S/C35H46F2/c1-2-3-4-5-25-6-8-30(9-7-25)32-20-23-34(35(37)24-32)31-16-14-28(15-17-31)26-10-12-27(13-11-26)29-18-21-33(36)22-19-29/h16,18-28,30H,2-15,17H2,1H3. The SMILES string of the molecule is CCCCCC1CCC(c2ccc(C3=CCC(C4CCC(c5ccc(F)cc5)CC4)CC3)c(F)c2)CC1. The van der Waals surface area contributed by atoms with Crippen LogP contribution in [0.2, 0.25) is 0 Å². The Morgan fingerprint density at radius 2 is 1.38 bits per heavy atom. The molecule has 0 aliphatic heterocycles. The van der Waals surface area contributed by atoms with Gasteiger partial charge in [-0.25, -0.2) is 8.78 Å². The number of halogens is 2. The monoisotopic (exact) mass is 504 g/mol. The molecule has 5 rings (SSSR count). The summed E-state index contributed by atoms with van der Waals surface area (Å²) in [5, 5.41) is 0. The highest BCUT2D eigenvalue weighted by Gasteiger charge is 2.30. The molecule has 2 heteroatoms. The van der Waals surface area contributed by atoms with Crippen LogP contribution >= 0.6 is 0 Å². The van der Waals surface area contributed by atoms with Crippen LogP contribution in [0.15, 0.2) is 48.5 Å². The van der Waals surface area contributed by atoms with Crippen LogP contribution in [0.3, 0.4) is 0 Å². The van der Waals surface area contributed by atoms with E-state index in [1.165, 1.54) is 100 Å². The van der Waals surface area contributed by atoms with Crippen LogP contribution in [0.4, 0.5) is 8.78 Å². The summed E-state index contributed by atoms with van der Waals surface area (Å²) in [4.78, 5) is 0. The largest absolute Gasteiger partial charge is 0.207 e. The molecule has 0 heterocycles. The average Bonchev–Trinajstić information content (AvgIpc) is 2.94. The third-order valence-electron chi connectivity index (χ3n) is 10.1. The van der Waals surface area contributed by atoms with Crippen molar-refractivity contribution >= 4 is 5.57 Å². The van der Waals surface area contributed by atoms with Crippen molar-refractivity contribution in [3.8, 4) is 0 Å². The van der Waals surface area contributed by atoms with Crippen molar-refractivity contribution in [1.82, 2.24) is 0 Å². The fourth-order valence-corrected chi connectivity index (χ4v) is 7.70. The van der Waals surface area contributed by atoms with Gasteiger partial charge in [-0.2, -0.15) is 0 Å². The minimum absolute atomic E-state index is 0.00734. The Hall–Kier alpha value is -1.96. The normalized spacial score (nSPS) is 28.6. The second-order valence-electron chi connectivity index (χ2n) is 12.4. The molecule has 37 heavy (non-hydrogen) atoms. The molecule has 0 saturated heterocycles. The second kappa shape index (κ2) is 12.7. The van der Waals surface area contributed by atoms with Gasteiger partial charge in [-0.1, -0.05) is 62.9 Å². The molecule has 0 radical (unpaired) electrons. The van der Waals surface area contributed by atoms with E-state index >= 15 is 4.39 Å². The number of allylic oxidation sites excluding steroid dienone is 2. The van der Waals surface area contributed by atoms with E-state index in [1.54, 1.807) is 12.1 Å². The highest BCUT2D eigenvalue weighted by atomic mass is 19.1. The number of unbranched alkanes of at least 4 members (excludes halogenated alkanes) is 2. The van der Waals surface area contributed by atoms with Gasteiger partial charge in [0.25, 0.3) is 0 Å². The summed E-state index contributed by atoms with van der Waals surface area (Å²) in [6, 6.07) is 13.3. The molecule has 200 valence electrons. The van der Waals surface area contributed by atoms with Crippen molar-refractivity contribution in [2.75, 3.05) is 0 Å². The first-order valence-corrected chi connectivity index (χ1v) is 15.3. The second-order valence-corrected chi connectivity index (χ2v) is 12.4. The fraction of sp³-hybridized carbons (Fsp3) is 0.600. The Morgan fingerprint density at radius 1 is 0.703 bits per heavy atom. The molecule has 3 aliphatic carbocycles. The molecule has 0 nitrogen and oxygen atoms in total. The summed E-state index contributed by atoms with van der Waals surface area (Å²) in [5.74, 6) is 3.37. The number of hydrogen-bond donors (Lipinski definition) is 0. The molecule has 0 spiro atoms. The molecule has 3 aliphatic rings. The van der Waals surface area contributed by atoms with E-state index in [4.69, 9.17) is 0 Å². The van der Waals surface area contributed by atoms with Crippen molar-refractivity contribution in [3.63, 3.8) is 0 Å². The van der Waals surface area contributed by atoms with Crippen molar-refractivity contribution < 1.29 is 8.78 Å². The van der Waals surface area contributed by atoms with E-state index in [9.17, 15) is 4.39 Å². The maximum atomic E-state index is 15.3. The maximum absolute atomic E-state index is 15.3. The lowest BCUT2D eigenvalue weighted by Gasteiger charge is -2.35. The molecule has 1 unspecified atom stereocenters. The summed E-state index contributed by atoms with van der Waals surface area (Å²) >= 11 is 0. The number of hydrogen-bond acceptors (Lipinski definition) is 0. The van der Waals surface area contributed by atoms with Gasteiger partial charge in [0.15, 0.2) is 0 Å². The van der Waals surface area contributed by atoms with Crippen molar-refractivity contribution in [3.05, 3.63) is 76.9 Å².